The standard InChI is InChI=1S/C23H24N4S/c1-16-14-20(24-2)12-13-21(16)26-27-23-25-22(15-28-23)19-10-8-18(9-11-19)17-6-4-3-5-7-17/h8-15,17H,2-7H2,1H3. The Morgan fingerprint density at radius 3 is 2.50 bits per heavy atom. The average molecular weight is 389 g/mol. The summed E-state index contributed by atoms with van der Waals surface area (Å²) in [4.78, 5) is 8.56. The van der Waals surface area contributed by atoms with Crippen LogP contribution in [0.2, 0.25) is 0 Å². The van der Waals surface area contributed by atoms with Gasteiger partial charge in [0, 0.05) is 10.9 Å². The molecule has 0 aliphatic heterocycles. The van der Waals surface area contributed by atoms with E-state index in [2.05, 4.69) is 51.2 Å². The molecule has 4 nitrogen and oxygen atoms in total. The van der Waals surface area contributed by atoms with Gasteiger partial charge in [0.2, 0.25) is 5.13 Å². The first kappa shape index (κ1) is 18.7. The molecule has 1 aliphatic rings. The monoisotopic (exact) mass is 388 g/mol. The van der Waals surface area contributed by atoms with Crippen LogP contribution in [-0.4, -0.2) is 11.7 Å². The van der Waals surface area contributed by atoms with Gasteiger partial charge in [-0.05, 0) is 61.7 Å². The Hall–Kier alpha value is -2.66. The van der Waals surface area contributed by atoms with Gasteiger partial charge in [0.1, 0.15) is 0 Å². The third-order valence-corrected chi connectivity index (χ3v) is 6.11. The molecule has 142 valence electrons. The molecular formula is C23H24N4S. The Kier molecular flexibility index (Phi) is 5.72. The molecule has 0 radical (unpaired) electrons. The van der Waals surface area contributed by atoms with E-state index >= 15 is 0 Å². The van der Waals surface area contributed by atoms with E-state index in [0.717, 1.165) is 34.1 Å². The van der Waals surface area contributed by atoms with E-state index in [1.807, 2.05) is 30.5 Å². The van der Waals surface area contributed by atoms with Crippen LogP contribution in [0.3, 0.4) is 0 Å². The van der Waals surface area contributed by atoms with Crippen LogP contribution in [0.25, 0.3) is 11.3 Å². The van der Waals surface area contributed by atoms with Crippen molar-refractivity contribution in [2.75, 3.05) is 0 Å². The van der Waals surface area contributed by atoms with Crippen molar-refractivity contribution in [2.24, 2.45) is 15.2 Å². The second kappa shape index (κ2) is 8.57. The lowest BCUT2D eigenvalue weighted by Crippen LogP contribution is -2.04. The van der Waals surface area contributed by atoms with Crippen molar-refractivity contribution in [1.82, 2.24) is 4.98 Å². The van der Waals surface area contributed by atoms with Crippen LogP contribution in [0, 0.1) is 6.92 Å². The van der Waals surface area contributed by atoms with E-state index in [1.54, 1.807) is 0 Å². The summed E-state index contributed by atoms with van der Waals surface area (Å²) in [7, 11) is 0. The van der Waals surface area contributed by atoms with Gasteiger partial charge in [0.25, 0.3) is 0 Å². The molecule has 0 unspecified atom stereocenters. The predicted octanol–water partition coefficient (Wildman–Crippen LogP) is 7.91. The predicted molar refractivity (Wildman–Crippen MR) is 118 cm³/mol. The molecule has 28 heavy (non-hydrogen) atoms. The molecule has 5 heteroatoms. The number of rotatable bonds is 5. The van der Waals surface area contributed by atoms with Crippen molar-refractivity contribution in [3.8, 4) is 11.3 Å². The molecule has 4 rings (SSSR count). The summed E-state index contributed by atoms with van der Waals surface area (Å²) in [5.74, 6) is 0.730. The lowest BCUT2D eigenvalue weighted by molar-refractivity contribution is 0.443. The zero-order chi connectivity index (χ0) is 19.3. The molecule has 0 amide bonds. The zero-order valence-corrected chi connectivity index (χ0v) is 17.0. The fraction of sp³-hybridized carbons (Fsp3) is 0.304. The number of aryl methyl sites for hydroxylation is 1. The average Bonchev–Trinajstić information content (AvgIpc) is 3.22. The van der Waals surface area contributed by atoms with Gasteiger partial charge in [-0.1, -0.05) is 43.5 Å². The topological polar surface area (TPSA) is 50.0 Å². The molecule has 1 aromatic heterocycles. The summed E-state index contributed by atoms with van der Waals surface area (Å²) >= 11 is 1.51. The Bertz CT molecular complexity index is 982. The van der Waals surface area contributed by atoms with Crippen LogP contribution >= 0.6 is 11.3 Å². The zero-order valence-electron chi connectivity index (χ0n) is 16.1. The minimum Gasteiger partial charge on any atom is -0.265 e. The number of thiazole rings is 1. The normalized spacial score (nSPS) is 15.2. The van der Waals surface area contributed by atoms with Crippen LogP contribution in [0.15, 0.2) is 63.1 Å². The number of azo groups is 1. The molecule has 0 saturated heterocycles. The van der Waals surface area contributed by atoms with Gasteiger partial charge < -0.3 is 0 Å². The van der Waals surface area contributed by atoms with Crippen LogP contribution in [0.1, 0.15) is 49.1 Å². The van der Waals surface area contributed by atoms with Crippen LogP contribution in [0.4, 0.5) is 16.5 Å². The number of aromatic nitrogens is 1. The van der Waals surface area contributed by atoms with E-state index in [-0.39, 0.29) is 0 Å². The number of aliphatic imine (C=N–C) groups is 1. The lowest BCUT2D eigenvalue weighted by Gasteiger charge is -2.21. The summed E-state index contributed by atoms with van der Waals surface area (Å²) < 4.78 is 0. The Morgan fingerprint density at radius 1 is 1.00 bits per heavy atom. The van der Waals surface area contributed by atoms with Gasteiger partial charge in [-0.15, -0.1) is 21.6 Å². The highest BCUT2D eigenvalue weighted by atomic mass is 32.1. The summed E-state index contributed by atoms with van der Waals surface area (Å²) in [5.41, 5.74) is 6.23. The second-order valence-electron chi connectivity index (χ2n) is 7.30. The van der Waals surface area contributed by atoms with Crippen LogP contribution < -0.4 is 0 Å². The maximum atomic E-state index is 4.63. The van der Waals surface area contributed by atoms with Crippen molar-refractivity contribution in [3.63, 3.8) is 0 Å². The molecule has 1 heterocycles. The maximum absolute atomic E-state index is 4.63. The van der Waals surface area contributed by atoms with Crippen LogP contribution in [-0.2, 0) is 0 Å². The maximum Gasteiger partial charge on any atom is 0.230 e. The number of hydrogen-bond donors (Lipinski definition) is 0. The molecule has 0 spiro atoms. The minimum atomic E-state index is 0.664. The molecule has 0 bridgehead atoms. The van der Waals surface area contributed by atoms with E-state index in [4.69, 9.17) is 0 Å². The summed E-state index contributed by atoms with van der Waals surface area (Å²) in [6.45, 7) is 5.54. The van der Waals surface area contributed by atoms with Crippen molar-refractivity contribution < 1.29 is 0 Å². The second-order valence-corrected chi connectivity index (χ2v) is 8.14. The molecule has 1 aliphatic carbocycles. The van der Waals surface area contributed by atoms with Crippen molar-refractivity contribution >= 4 is 34.6 Å². The molecular weight excluding hydrogens is 364 g/mol. The van der Waals surface area contributed by atoms with Crippen molar-refractivity contribution in [3.05, 3.63) is 59.0 Å². The van der Waals surface area contributed by atoms with E-state index < -0.39 is 0 Å². The molecule has 0 N–H and O–H groups in total. The first-order chi connectivity index (χ1) is 13.7. The first-order valence-electron chi connectivity index (χ1n) is 9.78. The van der Waals surface area contributed by atoms with E-state index in [0.29, 0.717) is 5.13 Å². The highest BCUT2D eigenvalue weighted by molar-refractivity contribution is 7.13. The Labute approximate surface area is 170 Å². The summed E-state index contributed by atoms with van der Waals surface area (Å²) in [5, 5.41) is 11.4. The molecule has 2 aromatic carbocycles. The smallest absolute Gasteiger partial charge is 0.230 e. The molecule has 1 fully saturated rings. The summed E-state index contributed by atoms with van der Waals surface area (Å²) in [6.07, 6.45) is 6.76. The van der Waals surface area contributed by atoms with Gasteiger partial charge in [0.05, 0.1) is 17.1 Å². The third-order valence-electron chi connectivity index (χ3n) is 5.38. The highest BCUT2D eigenvalue weighted by Gasteiger charge is 2.15. The quantitative estimate of drug-likeness (QED) is 0.323. The summed E-state index contributed by atoms with van der Waals surface area (Å²) in [6, 6.07) is 14.6. The lowest BCUT2D eigenvalue weighted by atomic mass is 9.84. The number of benzene rings is 2. The number of nitrogens with zero attached hydrogens (tertiary/aromatic N) is 4. The van der Waals surface area contributed by atoms with Crippen molar-refractivity contribution in [1.29, 1.82) is 0 Å². The SMILES string of the molecule is C=Nc1ccc(N=Nc2nc(-c3ccc(C4CCCCC4)cc3)cs2)c(C)c1. The van der Waals surface area contributed by atoms with Gasteiger partial charge in [0.15, 0.2) is 0 Å². The molecule has 3 aromatic rings. The van der Waals surface area contributed by atoms with Gasteiger partial charge >= 0.3 is 0 Å². The number of hydrogen-bond acceptors (Lipinski definition) is 5. The molecule has 1 saturated carbocycles. The van der Waals surface area contributed by atoms with E-state index in [1.165, 1.54) is 49.0 Å². The third kappa shape index (κ3) is 4.25. The van der Waals surface area contributed by atoms with Gasteiger partial charge in [-0.3, -0.25) is 4.99 Å². The first-order valence-corrected chi connectivity index (χ1v) is 10.7. The van der Waals surface area contributed by atoms with Crippen LogP contribution in [0.5, 0.6) is 0 Å². The van der Waals surface area contributed by atoms with Gasteiger partial charge in [-0.2, -0.15) is 0 Å². The largest absolute Gasteiger partial charge is 0.265 e. The van der Waals surface area contributed by atoms with E-state index in [9.17, 15) is 0 Å². The van der Waals surface area contributed by atoms with Gasteiger partial charge in [-0.25, -0.2) is 4.98 Å². The molecule has 0 atom stereocenters. The fourth-order valence-electron chi connectivity index (χ4n) is 3.75. The highest BCUT2D eigenvalue weighted by Crippen LogP contribution is 2.34. The minimum absolute atomic E-state index is 0.664. The van der Waals surface area contributed by atoms with Crippen molar-refractivity contribution in [2.45, 2.75) is 44.9 Å². The fourth-order valence-corrected chi connectivity index (χ4v) is 4.40. The Morgan fingerprint density at radius 2 is 1.79 bits per heavy atom. The Balaban J connectivity index is 1.47.